The molecule has 0 saturated carbocycles. The van der Waals surface area contributed by atoms with E-state index in [1.54, 1.807) is 7.11 Å². The van der Waals surface area contributed by atoms with Gasteiger partial charge in [-0.25, -0.2) is 0 Å². The SMILES string of the molecule is COC(C)C(C)(C)C(C)=N. The Labute approximate surface area is 63.1 Å². The first-order valence-corrected chi connectivity index (χ1v) is 3.51. The Morgan fingerprint density at radius 3 is 2.00 bits per heavy atom. The number of hydrogen-bond acceptors (Lipinski definition) is 2. The molecule has 2 nitrogen and oxygen atoms in total. The maximum atomic E-state index is 7.45. The molecule has 0 aromatic heterocycles. The molecule has 0 aliphatic carbocycles. The highest BCUT2D eigenvalue weighted by molar-refractivity contribution is 5.84. The second-order valence-electron chi connectivity index (χ2n) is 3.22. The van der Waals surface area contributed by atoms with Crippen LogP contribution in [0.4, 0.5) is 0 Å². The van der Waals surface area contributed by atoms with Gasteiger partial charge in [0.1, 0.15) is 0 Å². The molecule has 0 fully saturated rings. The summed E-state index contributed by atoms with van der Waals surface area (Å²) in [4.78, 5) is 0. The zero-order chi connectivity index (χ0) is 8.36. The number of rotatable bonds is 3. The van der Waals surface area contributed by atoms with Crippen molar-refractivity contribution in [1.82, 2.24) is 0 Å². The molecule has 0 aromatic carbocycles. The first-order chi connectivity index (χ1) is 4.42. The van der Waals surface area contributed by atoms with Crippen LogP contribution in [0.15, 0.2) is 0 Å². The monoisotopic (exact) mass is 143 g/mol. The second-order valence-corrected chi connectivity index (χ2v) is 3.22. The minimum Gasteiger partial charge on any atom is -0.381 e. The van der Waals surface area contributed by atoms with Crippen LogP contribution in [-0.2, 0) is 4.74 Å². The van der Waals surface area contributed by atoms with Gasteiger partial charge in [0.2, 0.25) is 0 Å². The van der Waals surface area contributed by atoms with Gasteiger partial charge < -0.3 is 10.1 Å². The Bertz CT molecular complexity index is 129. The molecule has 1 N–H and O–H groups in total. The van der Waals surface area contributed by atoms with E-state index < -0.39 is 0 Å². The Hall–Kier alpha value is -0.370. The van der Waals surface area contributed by atoms with Gasteiger partial charge in [-0.05, 0) is 13.8 Å². The van der Waals surface area contributed by atoms with Crippen molar-refractivity contribution in [3.63, 3.8) is 0 Å². The number of nitrogens with one attached hydrogen (secondary N) is 1. The molecule has 0 aromatic rings. The van der Waals surface area contributed by atoms with Crippen LogP contribution in [0.1, 0.15) is 27.7 Å². The van der Waals surface area contributed by atoms with Gasteiger partial charge in [-0.15, -0.1) is 0 Å². The Kier molecular flexibility index (Phi) is 3.03. The third-order valence-electron chi connectivity index (χ3n) is 2.34. The Morgan fingerprint density at radius 2 is 1.90 bits per heavy atom. The largest absolute Gasteiger partial charge is 0.381 e. The van der Waals surface area contributed by atoms with E-state index in [9.17, 15) is 0 Å². The van der Waals surface area contributed by atoms with Crippen LogP contribution in [0.5, 0.6) is 0 Å². The van der Waals surface area contributed by atoms with E-state index >= 15 is 0 Å². The molecule has 0 amide bonds. The molecule has 0 spiro atoms. The van der Waals surface area contributed by atoms with Crippen LogP contribution >= 0.6 is 0 Å². The quantitative estimate of drug-likeness (QED) is 0.603. The Balaban J connectivity index is 4.23. The van der Waals surface area contributed by atoms with Gasteiger partial charge in [0.25, 0.3) is 0 Å². The fraction of sp³-hybridized carbons (Fsp3) is 0.875. The van der Waals surface area contributed by atoms with Gasteiger partial charge in [0, 0.05) is 18.2 Å². The second kappa shape index (κ2) is 3.15. The average Bonchev–Trinajstić information content (AvgIpc) is 1.86. The van der Waals surface area contributed by atoms with Crippen LogP contribution < -0.4 is 0 Å². The summed E-state index contributed by atoms with van der Waals surface area (Å²) in [5.41, 5.74) is 0.538. The van der Waals surface area contributed by atoms with Gasteiger partial charge in [0.15, 0.2) is 0 Å². The van der Waals surface area contributed by atoms with Crippen LogP contribution in [0.3, 0.4) is 0 Å². The van der Waals surface area contributed by atoms with Crippen LogP contribution in [0.2, 0.25) is 0 Å². The first kappa shape index (κ1) is 9.63. The molecule has 60 valence electrons. The molecule has 0 radical (unpaired) electrons. The molecule has 10 heavy (non-hydrogen) atoms. The van der Waals surface area contributed by atoms with Gasteiger partial charge >= 0.3 is 0 Å². The van der Waals surface area contributed by atoms with Crippen molar-refractivity contribution in [2.75, 3.05) is 7.11 Å². The van der Waals surface area contributed by atoms with Crippen molar-refractivity contribution in [1.29, 1.82) is 5.41 Å². The maximum Gasteiger partial charge on any atom is 0.0645 e. The van der Waals surface area contributed by atoms with Crippen molar-refractivity contribution in [2.24, 2.45) is 5.41 Å². The van der Waals surface area contributed by atoms with Crippen molar-refractivity contribution in [3.05, 3.63) is 0 Å². The zero-order valence-electron chi connectivity index (χ0n) is 7.49. The van der Waals surface area contributed by atoms with Crippen LogP contribution in [0.25, 0.3) is 0 Å². The Morgan fingerprint density at radius 1 is 1.50 bits per heavy atom. The summed E-state index contributed by atoms with van der Waals surface area (Å²) in [6.07, 6.45) is 0.116. The summed E-state index contributed by atoms with van der Waals surface area (Å²) < 4.78 is 5.14. The molecule has 0 rings (SSSR count). The highest BCUT2D eigenvalue weighted by Crippen LogP contribution is 2.23. The van der Waals surface area contributed by atoms with Crippen molar-refractivity contribution in [2.45, 2.75) is 33.8 Å². The lowest BCUT2D eigenvalue weighted by atomic mass is 9.83. The van der Waals surface area contributed by atoms with Crippen molar-refractivity contribution in [3.8, 4) is 0 Å². The standard InChI is InChI=1S/C8H17NO/c1-6(9)8(3,4)7(2)10-5/h7,9H,1-5H3. The topological polar surface area (TPSA) is 33.1 Å². The molecule has 1 unspecified atom stereocenters. The third-order valence-corrected chi connectivity index (χ3v) is 2.34. The molecular formula is C8H17NO. The lowest BCUT2D eigenvalue weighted by Crippen LogP contribution is -2.34. The fourth-order valence-electron chi connectivity index (χ4n) is 0.600. The van der Waals surface area contributed by atoms with E-state index in [0.29, 0.717) is 5.71 Å². The molecule has 0 heterocycles. The van der Waals surface area contributed by atoms with E-state index in [0.717, 1.165) is 0 Å². The van der Waals surface area contributed by atoms with E-state index in [1.165, 1.54) is 0 Å². The van der Waals surface area contributed by atoms with Gasteiger partial charge in [-0.2, -0.15) is 0 Å². The van der Waals surface area contributed by atoms with E-state index in [1.807, 2.05) is 27.7 Å². The summed E-state index contributed by atoms with van der Waals surface area (Å²) in [5.74, 6) is 0. The fourth-order valence-corrected chi connectivity index (χ4v) is 0.600. The average molecular weight is 143 g/mol. The summed E-state index contributed by atoms with van der Waals surface area (Å²) in [6, 6.07) is 0. The normalized spacial score (nSPS) is 14.9. The lowest BCUT2D eigenvalue weighted by Gasteiger charge is -2.29. The first-order valence-electron chi connectivity index (χ1n) is 3.51. The van der Waals surface area contributed by atoms with E-state index in [2.05, 4.69) is 0 Å². The summed E-state index contributed by atoms with van der Waals surface area (Å²) >= 11 is 0. The summed E-state index contributed by atoms with van der Waals surface area (Å²) in [5, 5.41) is 7.45. The van der Waals surface area contributed by atoms with Crippen molar-refractivity contribution >= 4 is 5.71 Å². The molecule has 0 bridgehead atoms. The zero-order valence-corrected chi connectivity index (χ0v) is 7.49. The molecular weight excluding hydrogens is 126 g/mol. The van der Waals surface area contributed by atoms with Gasteiger partial charge in [-0.1, -0.05) is 13.8 Å². The molecule has 0 aliphatic rings. The maximum absolute atomic E-state index is 7.45. The molecule has 0 saturated heterocycles. The van der Waals surface area contributed by atoms with E-state index in [4.69, 9.17) is 10.1 Å². The summed E-state index contributed by atoms with van der Waals surface area (Å²) in [6.45, 7) is 7.83. The van der Waals surface area contributed by atoms with Crippen molar-refractivity contribution < 1.29 is 4.74 Å². The molecule has 2 heteroatoms. The highest BCUT2D eigenvalue weighted by Gasteiger charge is 2.27. The number of methoxy groups -OCH3 is 1. The minimum atomic E-state index is -0.130. The number of hydrogen-bond donors (Lipinski definition) is 1. The predicted octanol–water partition coefficient (Wildman–Crippen LogP) is 2.09. The third kappa shape index (κ3) is 1.81. The van der Waals surface area contributed by atoms with Gasteiger partial charge in [0.05, 0.1) is 6.10 Å². The minimum absolute atomic E-state index is 0.116. The lowest BCUT2D eigenvalue weighted by molar-refractivity contribution is 0.0551. The van der Waals surface area contributed by atoms with Gasteiger partial charge in [-0.3, -0.25) is 0 Å². The molecule has 1 atom stereocenters. The number of ether oxygens (including phenoxy) is 1. The summed E-state index contributed by atoms with van der Waals surface area (Å²) in [7, 11) is 1.68. The predicted molar refractivity (Wildman–Crippen MR) is 43.7 cm³/mol. The van der Waals surface area contributed by atoms with E-state index in [-0.39, 0.29) is 11.5 Å². The van der Waals surface area contributed by atoms with Crippen LogP contribution in [0, 0.1) is 10.8 Å². The van der Waals surface area contributed by atoms with Crippen LogP contribution in [-0.4, -0.2) is 18.9 Å². The highest BCUT2D eigenvalue weighted by atomic mass is 16.5. The molecule has 0 aliphatic heterocycles. The smallest absolute Gasteiger partial charge is 0.0645 e.